The van der Waals surface area contributed by atoms with Crippen molar-refractivity contribution >= 4 is 5.97 Å². The lowest BCUT2D eigenvalue weighted by atomic mass is 10.1. The van der Waals surface area contributed by atoms with Gasteiger partial charge in [0.15, 0.2) is 11.5 Å². The second-order valence-electron chi connectivity index (χ2n) is 3.21. The molecule has 0 aromatic heterocycles. The van der Waals surface area contributed by atoms with Crippen LogP contribution in [0.1, 0.15) is 5.56 Å². The van der Waals surface area contributed by atoms with E-state index in [1.165, 1.54) is 12.1 Å². The van der Waals surface area contributed by atoms with Gasteiger partial charge in [-0.15, -0.1) is 0 Å². The fourth-order valence-electron chi connectivity index (χ4n) is 1.44. The van der Waals surface area contributed by atoms with Crippen LogP contribution in [0.25, 0.3) is 0 Å². The SMILES string of the molecule is O=C(O)C(F)(F)c1cccc2c1OCCO2. The van der Waals surface area contributed by atoms with E-state index in [-0.39, 0.29) is 24.7 Å². The Labute approximate surface area is 89.4 Å². The van der Waals surface area contributed by atoms with Gasteiger partial charge in [-0.1, -0.05) is 6.07 Å². The molecule has 2 rings (SSSR count). The summed E-state index contributed by atoms with van der Waals surface area (Å²) in [4.78, 5) is 10.5. The molecule has 16 heavy (non-hydrogen) atoms. The molecule has 86 valence electrons. The number of carboxylic acids is 1. The van der Waals surface area contributed by atoms with Gasteiger partial charge in [0.25, 0.3) is 0 Å². The first kappa shape index (κ1) is 10.7. The molecule has 0 amide bonds. The Balaban J connectivity index is 2.53. The number of hydrogen-bond acceptors (Lipinski definition) is 3. The van der Waals surface area contributed by atoms with Crippen LogP contribution in [0.5, 0.6) is 11.5 Å². The summed E-state index contributed by atoms with van der Waals surface area (Å²) in [5.74, 6) is -6.24. The number of alkyl halides is 2. The first-order valence-corrected chi connectivity index (χ1v) is 4.54. The maximum absolute atomic E-state index is 13.3. The molecule has 0 fully saturated rings. The van der Waals surface area contributed by atoms with Gasteiger partial charge < -0.3 is 14.6 Å². The van der Waals surface area contributed by atoms with Crippen LogP contribution < -0.4 is 9.47 Å². The normalized spacial score (nSPS) is 14.6. The molecule has 0 aliphatic carbocycles. The van der Waals surface area contributed by atoms with Crippen molar-refractivity contribution in [1.29, 1.82) is 0 Å². The van der Waals surface area contributed by atoms with Gasteiger partial charge in [0.05, 0.1) is 5.56 Å². The molecule has 0 radical (unpaired) electrons. The Morgan fingerprint density at radius 3 is 2.69 bits per heavy atom. The number of rotatable bonds is 2. The monoisotopic (exact) mass is 230 g/mol. The average molecular weight is 230 g/mol. The van der Waals surface area contributed by atoms with Gasteiger partial charge in [0, 0.05) is 0 Å². The van der Waals surface area contributed by atoms with Gasteiger partial charge >= 0.3 is 11.9 Å². The molecule has 0 atom stereocenters. The molecular weight excluding hydrogens is 222 g/mol. The van der Waals surface area contributed by atoms with Crippen LogP contribution in [-0.4, -0.2) is 24.3 Å². The van der Waals surface area contributed by atoms with E-state index in [9.17, 15) is 13.6 Å². The largest absolute Gasteiger partial charge is 0.486 e. The van der Waals surface area contributed by atoms with Crippen LogP contribution in [0, 0.1) is 0 Å². The molecule has 0 saturated carbocycles. The molecule has 1 N–H and O–H groups in total. The van der Waals surface area contributed by atoms with Crippen molar-refractivity contribution in [2.24, 2.45) is 0 Å². The number of halogens is 2. The van der Waals surface area contributed by atoms with Crippen LogP contribution >= 0.6 is 0 Å². The maximum Gasteiger partial charge on any atom is 0.379 e. The zero-order chi connectivity index (χ0) is 11.8. The van der Waals surface area contributed by atoms with Gasteiger partial charge in [-0.05, 0) is 12.1 Å². The van der Waals surface area contributed by atoms with E-state index in [1.807, 2.05) is 0 Å². The quantitative estimate of drug-likeness (QED) is 0.838. The summed E-state index contributed by atoms with van der Waals surface area (Å²) >= 11 is 0. The minimum Gasteiger partial charge on any atom is -0.486 e. The van der Waals surface area contributed by atoms with Crippen LogP contribution in [0.4, 0.5) is 8.78 Å². The van der Waals surface area contributed by atoms with Gasteiger partial charge in [-0.25, -0.2) is 4.79 Å². The Bertz CT molecular complexity index is 431. The molecule has 1 aliphatic rings. The summed E-state index contributed by atoms with van der Waals surface area (Å²) in [6.45, 7) is 0.384. The smallest absolute Gasteiger partial charge is 0.379 e. The number of ether oxygens (including phenoxy) is 2. The van der Waals surface area contributed by atoms with Crippen LogP contribution in [0.3, 0.4) is 0 Å². The van der Waals surface area contributed by atoms with E-state index in [0.717, 1.165) is 6.07 Å². The van der Waals surface area contributed by atoms with Gasteiger partial charge in [0.2, 0.25) is 0 Å². The average Bonchev–Trinajstić information content (AvgIpc) is 2.28. The van der Waals surface area contributed by atoms with Crippen molar-refractivity contribution in [3.8, 4) is 11.5 Å². The Kier molecular flexibility index (Phi) is 2.41. The van der Waals surface area contributed by atoms with Crippen molar-refractivity contribution < 1.29 is 28.2 Å². The van der Waals surface area contributed by atoms with Crippen molar-refractivity contribution in [1.82, 2.24) is 0 Å². The number of fused-ring (bicyclic) bond motifs is 1. The van der Waals surface area contributed by atoms with E-state index < -0.39 is 17.5 Å². The molecule has 0 spiro atoms. The molecule has 1 aromatic carbocycles. The first-order chi connectivity index (χ1) is 7.53. The maximum atomic E-state index is 13.3. The van der Waals surface area contributed by atoms with E-state index in [0.29, 0.717) is 0 Å². The summed E-state index contributed by atoms with van der Waals surface area (Å²) in [6, 6.07) is 3.78. The molecule has 0 bridgehead atoms. The number of para-hydroxylation sites is 1. The highest BCUT2D eigenvalue weighted by molar-refractivity contribution is 5.79. The highest BCUT2D eigenvalue weighted by atomic mass is 19.3. The van der Waals surface area contributed by atoms with E-state index in [2.05, 4.69) is 0 Å². The molecule has 1 aromatic rings. The predicted molar refractivity (Wildman–Crippen MR) is 49.0 cm³/mol. The predicted octanol–water partition coefficient (Wildman–Crippen LogP) is 1.63. The topological polar surface area (TPSA) is 55.8 Å². The van der Waals surface area contributed by atoms with E-state index in [4.69, 9.17) is 14.6 Å². The number of carboxylic acid groups (broad SMARTS) is 1. The highest BCUT2D eigenvalue weighted by Crippen LogP contribution is 2.42. The molecule has 0 saturated heterocycles. The Hall–Kier alpha value is -1.85. The van der Waals surface area contributed by atoms with Crippen molar-refractivity contribution in [3.05, 3.63) is 23.8 Å². The minimum atomic E-state index is -3.98. The molecule has 1 heterocycles. The third-order valence-corrected chi connectivity index (χ3v) is 2.17. The second-order valence-corrected chi connectivity index (χ2v) is 3.21. The summed E-state index contributed by atoms with van der Waals surface area (Å²) in [7, 11) is 0. The second kappa shape index (κ2) is 3.62. The Morgan fingerprint density at radius 1 is 1.31 bits per heavy atom. The fraction of sp³-hybridized carbons (Fsp3) is 0.300. The van der Waals surface area contributed by atoms with Crippen LogP contribution in [0.2, 0.25) is 0 Å². The molecule has 6 heteroatoms. The summed E-state index contributed by atoms with van der Waals surface area (Å²) < 4.78 is 36.8. The van der Waals surface area contributed by atoms with Crippen LogP contribution in [0.15, 0.2) is 18.2 Å². The molecule has 4 nitrogen and oxygen atoms in total. The van der Waals surface area contributed by atoms with Crippen molar-refractivity contribution in [2.45, 2.75) is 5.92 Å². The van der Waals surface area contributed by atoms with Gasteiger partial charge in [-0.2, -0.15) is 8.78 Å². The number of hydrogen-bond donors (Lipinski definition) is 1. The van der Waals surface area contributed by atoms with Crippen molar-refractivity contribution in [3.63, 3.8) is 0 Å². The first-order valence-electron chi connectivity index (χ1n) is 4.54. The third-order valence-electron chi connectivity index (χ3n) is 2.17. The van der Waals surface area contributed by atoms with Gasteiger partial charge in [-0.3, -0.25) is 0 Å². The minimum absolute atomic E-state index is 0.125. The molecular formula is C10H8F2O4. The zero-order valence-corrected chi connectivity index (χ0v) is 8.07. The lowest BCUT2D eigenvalue weighted by molar-refractivity contribution is -0.166. The van der Waals surface area contributed by atoms with Crippen LogP contribution in [-0.2, 0) is 10.7 Å². The van der Waals surface area contributed by atoms with Crippen molar-refractivity contribution in [2.75, 3.05) is 13.2 Å². The number of benzene rings is 1. The summed E-state index contributed by atoms with van der Waals surface area (Å²) in [6.07, 6.45) is 0. The number of aliphatic carboxylic acids is 1. The fourth-order valence-corrected chi connectivity index (χ4v) is 1.44. The lowest BCUT2D eigenvalue weighted by Gasteiger charge is -2.23. The Morgan fingerprint density at radius 2 is 2.00 bits per heavy atom. The summed E-state index contributed by atoms with van der Waals surface area (Å²) in [5, 5.41) is 8.45. The summed E-state index contributed by atoms with van der Waals surface area (Å²) in [5.41, 5.74) is -0.683. The zero-order valence-electron chi connectivity index (χ0n) is 8.07. The standard InChI is InChI=1S/C10H8F2O4/c11-10(12,9(13)14)6-2-1-3-7-8(6)16-5-4-15-7/h1-3H,4-5H2,(H,13,14). The lowest BCUT2D eigenvalue weighted by Crippen LogP contribution is -2.27. The van der Waals surface area contributed by atoms with E-state index in [1.54, 1.807) is 0 Å². The van der Waals surface area contributed by atoms with Gasteiger partial charge in [0.1, 0.15) is 13.2 Å². The molecule has 1 aliphatic heterocycles. The number of carbonyl (C=O) groups is 1. The van der Waals surface area contributed by atoms with E-state index >= 15 is 0 Å². The third kappa shape index (κ3) is 1.56. The molecule has 0 unspecified atom stereocenters. The highest BCUT2D eigenvalue weighted by Gasteiger charge is 2.44.